The molecule has 126 valence electrons. The zero-order valence-electron chi connectivity index (χ0n) is 13.8. The fourth-order valence-corrected chi connectivity index (χ4v) is 2.45. The van der Waals surface area contributed by atoms with Crippen LogP contribution in [0.1, 0.15) is 26.3 Å². The largest absolute Gasteiger partial charge is 0.465 e. The summed E-state index contributed by atoms with van der Waals surface area (Å²) in [4.78, 5) is 23.6. The Morgan fingerprint density at radius 1 is 0.920 bits per heavy atom. The number of aromatic nitrogens is 1. The third kappa shape index (κ3) is 3.95. The second-order valence-electron chi connectivity index (χ2n) is 5.51. The van der Waals surface area contributed by atoms with E-state index in [0.29, 0.717) is 17.7 Å². The molecule has 0 saturated heterocycles. The number of nitrogens with zero attached hydrogens (tertiary/aromatic N) is 1. The number of amides is 1. The van der Waals surface area contributed by atoms with Gasteiger partial charge in [-0.2, -0.15) is 0 Å². The monoisotopic (exact) mass is 334 g/mol. The third-order valence-electron chi connectivity index (χ3n) is 3.86. The van der Waals surface area contributed by atoms with Gasteiger partial charge >= 0.3 is 5.97 Å². The molecule has 0 aliphatic heterocycles. The molecule has 0 fully saturated rings. The zero-order chi connectivity index (χ0) is 17.6. The highest BCUT2D eigenvalue weighted by Crippen LogP contribution is 2.11. The van der Waals surface area contributed by atoms with E-state index in [-0.39, 0.29) is 11.9 Å². The molecule has 0 atom stereocenters. The molecule has 0 spiro atoms. The summed E-state index contributed by atoms with van der Waals surface area (Å²) in [6.07, 6.45) is 3.90. The van der Waals surface area contributed by atoms with Crippen LogP contribution in [-0.4, -0.2) is 23.6 Å². The zero-order valence-corrected chi connectivity index (χ0v) is 13.8. The number of methoxy groups -OCH3 is 1. The summed E-state index contributed by atoms with van der Waals surface area (Å²) >= 11 is 0. The lowest BCUT2D eigenvalue weighted by Gasteiger charge is -2.08. The first-order valence-electron chi connectivity index (χ1n) is 7.86. The van der Waals surface area contributed by atoms with Crippen LogP contribution in [0.15, 0.2) is 73.1 Å². The van der Waals surface area contributed by atoms with E-state index < -0.39 is 0 Å². The second kappa shape index (κ2) is 7.49. The number of hydrogen-bond acceptors (Lipinski definition) is 3. The van der Waals surface area contributed by atoms with Crippen LogP contribution in [0, 0.1) is 0 Å². The van der Waals surface area contributed by atoms with Crippen LogP contribution in [-0.2, 0) is 11.3 Å². The number of carbonyl (C=O) groups is 2. The maximum atomic E-state index is 12.2. The van der Waals surface area contributed by atoms with Crippen molar-refractivity contribution in [3.05, 3.63) is 89.7 Å². The molecule has 1 amide bonds. The van der Waals surface area contributed by atoms with Crippen molar-refractivity contribution in [1.29, 1.82) is 0 Å². The minimum absolute atomic E-state index is 0.142. The van der Waals surface area contributed by atoms with Gasteiger partial charge in [0.2, 0.25) is 0 Å². The Morgan fingerprint density at radius 3 is 2.12 bits per heavy atom. The average molecular weight is 334 g/mol. The van der Waals surface area contributed by atoms with E-state index in [1.165, 1.54) is 7.11 Å². The van der Waals surface area contributed by atoms with Gasteiger partial charge in [0.15, 0.2) is 0 Å². The SMILES string of the molecule is COC(=O)c1ccc(CNC(=O)c2ccc(-n3cccc3)cc2)cc1. The molecular weight excluding hydrogens is 316 g/mol. The number of benzene rings is 2. The maximum absolute atomic E-state index is 12.2. The van der Waals surface area contributed by atoms with Gasteiger partial charge < -0.3 is 14.6 Å². The molecule has 2 aromatic carbocycles. The van der Waals surface area contributed by atoms with E-state index in [4.69, 9.17) is 0 Å². The summed E-state index contributed by atoms with van der Waals surface area (Å²) < 4.78 is 6.63. The first-order valence-corrected chi connectivity index (χ1v) is 7.86. The highest BCUT2D eigenvalue weighted by molar-refractivity contribution is 5.94. The normalized spacial score (nSPS) is 10.3. The van der Waals surface area contributed by atoms with Gasteiger partial charge in [0.25, 0.3) is 5.91 Å². The van der Waals surface area contributed by atoms with Gasteiger partial charge in [-0.3, -0.25) is 4.79 Å². The minimum atomic E-state index is -0.377. The average Bonchev–Trinajstić information content (AvgIpc) is 3.21. The first-order chi connectivity index (χ1) is 12.2. The van der Waals surface area contributed by atoms with Gasteiger partial charge in [0, 0.05) is 30.2 Å². The van der Waals surface area contributed by atoms with Crippen LogP contribution >= 0.6 is 0 Å². The predicted octanol–water partition coefficient (Wildman–Crippen LogP) is 3.19. The van der Waals surface area contributed by atoms with Crippen molar-refractivity contribution in [3.63, 3.8) is 0 Å². The molecule has 5 heteroatoms. The Kier molecular flexibility index (Phi) is 4.95. The van der Waals surface area contributed by atoms with E-state index in [1.807, 2.05) is 41.2 Å². The lowest BCUT2D eigenvalue weighted by molar-refractivity contribution is 0.0600. The molecule has 0 aliphatic carbocycles. The molecule has 1 aromatic heterocycles. The van der Waals surface area contributed by atoms with Crippen LogP contribution in [0.2, 0.25) is 0 Å². The van der Waals surface area contributed by atoms with Gasteiger partial charge in [-0.15, -0.1) is 0 Å². The van der Waals surface area contributed by atoms with E-state index in [1.54, 1.807) is 36.4 Å². The van der Waals surface area contributed by atoms with E-state index in [0.717, 1.165) is 11.3 Å². The van der Waals surface area contributed by atoms with Crippen LogP contribution < -0.4 is 5.32 Å². The molecular formula is C20H18N2O3. The lowest BCUT2D eigenvalue weighted by Crippen LogP contribution is -2.22. The number of hydrogen-bond donors (Lipinski definition) is 1. The Balaban J connectivity index is 1.60. The van der Waals surface area contributed by atoms with Gasteiger partial charge in [0.05, 0.1) is 12.7 Å². The fraction of sp³-hybridized carbons (Fsp3) is 0.100. The number of ether oxygens (including phenoxy) is 1. The molecule has 3 rings (SSSR count). The summed E-state index contributed by atoms with van der Waals surface area (Å²) in [6, 6.07) is 18.2. The smallest absolute Gasteiger partial charge is 0.337 e. The van der Waals surface area contributed by atoms with Gasteiger partial charge in [-0.05, 0) is 54.1 Å². The number of rotatable bonds is 5. The quantitative estimate of drug-likeness (QED) is 0.729. The Bertz CT molecular complexity index is 851. The highest BCUT2D eigenvalue weighted by Gasteiger charge is 2.07. The Morgan fingerprint density at radius 2 is 1.52 bits per heavy atom. The predicted molar refractivity (Wildman–Crippen MR) is 94.7 cm³/mol. The Hall–Kier alpha value is -3.34. The van der Waals surface area contributed by atoms with Crippen molar-refractivity contribution in [1.82, 2.24) is 9.88 Å². The summed E-state index contributed by atoms with van der Waals surface area (Å²) in [5.74, 6) is -0.519. The van der Waals surface area contributed by atoms with Crippen molar-refractivity contribution in [2.45, 2.75) is 6.54 Å². The molecule has 0 unspecified atom stereocenters. The number of nitrogens with one attached hydrogen (secondary N) is 1. The molecule has 25 heavy (non-hydrogen) atoms. The van der Waals surface area contributed by atoms with E-state index >= 15 is 0 Å². The molecule has 0 saturated carbocycles. The third-order valence-corrected chi connectivity index (χ3v) is 3.86. The molecule has 1 heterocycles. The fourth-order valence-electron chi connectivity index (χ4n) is 2.45. The van der Waals surface area contributed by atoms with Gasteiger partial charge in [-0.25, -0.2) is 4.79 Å². The van der Waals surface area contributed by atoms with E-state index in [9.17, 15) is 9.59 Å². The summed E-state index contributed by atoms with van der Waals surface area (Å²) in [6.45, 7) is 0.389. The second-order valence-corrected chi connectivity index (χ2v) is 5.51. The van der Waals surface area contributed by atoms with Crippen molar-refractivity contribution in [2.75, 3.05) is 7.11 Å². The van der Waals surface area contributed by atoms with E-state index in [2.05, 4.69) is 10.1 Å². The molecule has 1 N–H and O–H groups in total. The summed E-state index contributed by atoms with van der Waals surface area (Å²) in [5, 5.41) is 2.87. The van der Waals surface area contributed by atoms with Crippen LogP contribution in [0.25, 0.3) is 5.69 Å². The molecule has 3 aromatic rings. The minimum Gasteiger partial charge on any atom is -0.465 e. The van der Waals surface area contributed by atoms with Crippen LogP contribution in [0.4, 0.5) is 0 Å². The highest BCUT2D eigenvalue weighted by atomic mass is 16.5. The van der Waals surface area contributed by atoms with Crippen LogP contribution in [0.3, 0.4) is 0 Å². The van der Waals surface area contributed by atoms with Gasteiger partial charge in [0.1, 0.15) is 0 Å². The molecule has 0 bridgehead atoms. The number of carbonyl (C=O) groups excluding carboxylic acids is 2. The van der Waals surface area contributed by atoms with Crippen molar-refractivity contribution >= 4 is 11.9 Å². The van der Waals surface area contributed by atoms with Crippen molar-refractivity contribution in [2.24, 2.45) is 0 Å². The lowest BCUT2D eigenvalue weighted by atomic mass is 10.1. The molecule has 0 radical (unpaired) electrons. The van der Waals surface area contributed by atoms with Gasteiger partial charge in [-0.1, -0.05) is 12.1 Å². The molecule has 5 nitrogen and oxygen atoms in total. The van der Waals surface area contributed by atoms with Crippen molar-refractivity contribution < 1.29 is 14.3 Å². The molecule has 0 aliphatic rings. The maximum Gasteiger partial charge on any atom is 0.337 e. The Labute approximate surface area is 145 Å². The standard InChI is InChI=1S/C20H18N2O3/c1-25-20(24)17-6-4-15(5-7-17)14-21-19(23)16-8-10-18(11-9-16)22-12-2-3-13-22/h2-13H,14H2,1H3,(H,21,23). The topological polar surface area (TPSA) is 60.3 Å². The summed E-state index contributed by atoms with van der Waals surface area (Å²) in [7, 11) is 1.35. The number of esters is 1. The first kappa shape index (κ1) is 16.5. The van der Waals surface area contributed by atoms with Crippen molar-refractivity contribution in [3.8, 4) is 5.69 Å². The summed E-state index contributed by atoms with van der Waals surface area (Å²) in [5.41, 5.74) is 2.99. The van der Waals surface area contributed by atoms with Crippen LogP contribution in [0.5, 0.6) is 0 Å².